The zero-order chi connectivity index (χ0) is 19.7. The van der Waals surface area contributed by atoms with Crippen molar-refractivity contribution in [3.63, 3.8) is 0 Å². The highest BCUT2D eigenvalue weighted by Crippen LogP contribution is 2.28. The highest BCUT2D eigenvalue weighted by atomic mass is 16.3. The van der Waals surface area contributed by atoms with E-state index in [1.165, 1.54) is 4.57 Å². The Morgan fingerprint density at radius 2 is 1.78 bits per heavy atom. The van der Waals surface area contributed by atoms with Crippen LogP contribution in [-0.4, -0.2) is 29.6 Å². The molecule has 1 atom stereocenters. The number of rotatable bonds is 5. The molecule has 0 aliphatic heterocycles. The van der Waals surface area contributed by atoms with E-state index >= 15 is 0 Å². The number of pyridine rings is 1. The third-order valence-corrected chi connectivity index (χ3v) is 4.80. The van der Waals surface area contributed by atoms with Crippen molar-refractivity contribution in [2.24, 2.45) is 12.8 Å². The van der Waals surface area contributed by atoms with E-state index in [9.17, 15) is 14.7 Å². The molecule has 0 aliphatic carbocycles. The van der Waals surface area contributed by atoms with Gasteiger partial charge in [-0.25, -0.2) is 0 Å². The molecule has 0 aliphatic rings. The highest BCUT2D eigenvalue weighted by Gasteiger charge is 2.23. The summed E-state index contributed by atoms with van der Waals surface area (Å²) in [5, 5.41) is 11.0. The second-order valence-electron chi connectivity index (χ2n) is 6.82. The number of aromatic hydroxyl groups is 1. The molecule has 2 aromatic carbocycles. The lowest BCUT2D eigenvalue weighted by Crippen LogP contribution is -2.27. The minimum absolute atomic E-state index is 0.0670. The van der Waals surface area contributed by atoms with Crippen LogP contribution >= 0.6 is 0 Å². The molecule has 1 aromatic heterocycles. The molecule has 0 radical (unpaired) electrons. The number of aryl methyl sites for hydroxylation is 1. The summed E-state index contributed by atoms with van der Waals surface area (Å²) in [6.07, 6.45) is -0.0670. The molecule has 140 valence electrons. The predicted octanol–water partition coefficient (Wildman–Crippen LogP) is 2.58. The molecule has 3 rings (SSSR count). The van der Waals surface area contributed by atoms with Crippen LogP contribution in [0.15, 0.2) is 53.3 Å². The average Bonchev–Trinajstić information content (AvgIpc) is 2.66. The van der Waals surface area contributed by atoms with Crippen LogP contribution in [0.5, 0.6) is 5.75 Å². The number of anilines is 1. The van der Waals surface area contributed by atoms with Crippen LogP contribution in [0.2, 0.25) is 0 Å². The maximum atomic E-state index is 12.8. The smallest absolute Gasteiger partial charge is 0.265 e. The van der Waals surface area contributed by atoms with Gasteiger partial charge in [-0.15, -0.1) is 0 Å². The molecule has 0 spiro atoms. The molecule has 6 nitrogen and oxygen atoms in total. The van der Waals surface area contributed by atoms with Gasteiger partial charge in [0.2, 0.25) is 0 Å². The van der Waals surface area contributed by atoms with Crippen LogP contribution in [0.3, 0.4) is 0 Å². The summed E-state index contributed by atoms with van der Waals surface area (Å²) in [5.41, 5.74) is 7.85. The number of benzene rings is 2. The van der Waals surface area contributed by atoms with Crippen molar-refractivity contribution in [1.82, 2.24) is 4.57 Å². The third kappa shape index (κ3) is 3.44. The van der Waals surface area contributed by atoms with E-state index in [2.05, 4.69) is 0 Å². The lowest BCUT2D eigenvalue weighted by atomic mass is 9.97. The van der Waals surface area contributed by atoms with Gasteiger partial charge >= 0.3 is 0 Å². The zero-order valence-corrected chi connectivity index (χ0v) is 15.6. The van der Waals surface area contributed by atoms with Crippen molar-refractivity contribution in [2.45, 2.75) is 12.5 Å². The Hall–Kier alpha value is -3.12. The first-order valence-corrected chi connectivity index (χ1v) is 8.68. The van der Waals surface area contributed by atoms with Gasteiger partial charge in [-0.05, 0) is 29.8 Å². The molecule has 0 saturated carbocycles. The van der Waals surface area contributed by atoms with E-state index in [-0.39, 0.29) is 17.7 Å². The Labute approximate surface area is 157 Å². The SMILES string of the molecule is CN(C)c1ccc([C@@H](N)CC(=O)c2c(O)c3ccccc3n(C)c2=O)cc1. The molecule has 3 N–H and O–H groups in total. The molecule has 1 heterocycles. The Morgan fingerprint density at radius 3 is 2.41 bits per heavy atom. The van der Waals surface area contributed by atoms with Crippen LogP contribution in [-0.2, 0) is 7.05 Å². The number of carbonyl (C=O) groups is 1. The number of ketones is 1. The maximum Gasteiger partial charge on any atom is 0.265 e. The first-order valence-electron chi connectivity index (χ1n) is 8.68. The largest absolute Gasteiger partial charge is 0.506 e. The fraction of sp³-hybridized carbons (Fsp3) is 0.238. The van der Waals surface area contributed by atoms with Crippen molar-refractivity contribution in [3.05, 3.63) is 70.0 Å². The van der Waals surface area contributed by atoms with E-state index in [1.54, 1.807) is 31.3 Å². The van der Waals surface area contributed by atoms with Gasteiger partial charge in [0.05, 0.1) is 5.52 Å². The number of nitrogens with two attached hydrogens (primary N) is 1. The van der Waals surface area contributed by atoms with E-state index < -0.39 is 17.4 Å². The number of aromatic nitrogens is 1. The van der Waals surface area contributed by atoms with Crippen LogP contribution in [0, 0.1) is 0 Å². The fourth-order valence-electron chi connectivity index (χ4n) is 3.17. The Kier molecular flexibility index (Phi) is 5.01. The normalized spacial score (nSPS) is 12.1. The van der Waals surface area contributed by atoms with Crippen molar-refractivity contribution in [3.8, 4) is 5.75 Å². The lowest BCUT2D eigenvalue weighted by Gasteiger charge is -2.16. The highest BCUT2D eigenvalue weighted by molar-refractivity contribution is 6.03. The summed E-state index contributed by atoms with van der Waals surface area (Å²) in [5.74, 6) is -0.753. The van der Waals surface area contributed by atoms with Gasteiger partial charge < -0.3 is 20.3 Å². The summed E-state index contributed by atoms with van der Waals surface area (Å²) in [4.78, 5) is 27.4. The van der Waals surface area contributed by atoms with Gasteiger partial charge in [-0.1, -0.05) is 24.3 Å². The second kappa shape index (κ2) is 7.25. The molecule has 0 amide bonds. The third-order valence-electron chi connectivity index (χ3n) is 4.80. The van der Waals surface area contributed by atoms with E-state index in [1.807, 2.05) is 43.3 Å². The minimum Gasteiger partial charge on any atom is -0.506 e. The average molecular weight is 365 g/mol. The van der Waals surface area contributed by atoms with Gasteiger partial charge in [0, 0.05) is 44.7 Å². The van der Waals surface area contributed by atoms with Gasteiger partial charge in [0.15, 0.2) is 5.78 Å². The lowest BCUT2D eigenvalue weighted by molar-refractivity contribution is 0.0970. The molecule has 0 saturated heterocycles. The summed E-state index contributed by atoms with van der Waals surface area (Å²) in [6.45, 7) is 0. The number of fused-ring (bicyclic) bond motifs is 1. The Balaban J connectivity index is 1.93. The van der Waals surface area contributed by atoms with E-state index in [0.29, 0.717) is 10.9 Å². The molecular formula is C21H23N3O3. The number of hydrogen-bond acceptors (Lipinski definition) is 5. The van der Waals surface area contributed by atoms with Gasteiger partial charge in [-0.2, -0.15) is 0 Å². The molecule has 3 aromatic rings. The second-order valence-corrected chi connectivity index (χ2v) is 6.82. The number of nitrogens with zero attached hydrogens (tertiary/aromatic N) is 2. The van der Waals surface area contributed by atoms with Crippen molar-refractivity contribution >= 4 is 22.4 Å². The predicted molar refractivity (Wildman–Crippen MR) is 107 cm³/mol. The maximum absolute atomic E-state index is 12.8. The van der Waals surface area contributed by atoms with Crippen LogP contribution < -0.4 is 16.2 Å². The zero-order valence-electron chi connectivity index (χ0n) is 15.6. The minimum atomic E-state index is -0.565. The van der Waals surface area contributed by atoms with Crippen LogP contribution in [0.25, 0.3) is 10.9 Å². The molecule has 0 fully saturated rings. The summed E-state index contributed by atoms with van der Waals surface area (Å²) < 4.78 is 1.37. The molecule has 6 heteroatoms. The molecule has 0 unspecified atom stereocenters. The first kappa shape index (κ1) is 18.7. The van der Waals surface area contributed by atoms with E-state index in [4.69, 9.17) is 5.73 Å². The van der Waals surface area contributed by atoms with Crippen LogP contribution in [0.4, 0.5) is 5.69 Å². The summed E-state index contributed by atoms with van der Waals surface area (Å²) >= 11 is 0. The quantitative estimate of drug-likeness (QED) is 0.679. The standard InChI is InChI=1S/C21H23N3O3/c1-23(2)14-10-8-13(9-11-14)16(22)12-18(25)19-20(26)15-6-4-5-7-17(15)24(3)21(19)27/h4-11,16,26H,12,22H2,1-3H3/t16-/m0/s1. The first-order chi connectivity index (χ1) is 12.8. The topological polar surface area (TPSA) is 88.6 Å². The Bertz CT molecular complexity index is 1050. The Morgan fingerprint density at radius 1 is 1.15 bits per heavy atom. The van der Waals surface area contributed by atoms with E-state index in [0.717, 1.165) is 11.3 Å². The molecule has 27 heavy (non-hydrogen) atoms. The molecular weight excluding hydrogens is 342 g/mol. The van der Waals surface area contributed by atoms with Gasteiger partial charge in [0.1, 0.15) is 11.3 Å². The number of para-hydroxylation sites is 1. The number of hydrogen-bond donors (Lipinski definition) is 2. The van der Waals surface area contributed by atoms with Crippen molar-refractivity contribution in [1.29, 1.82) is 0 Å². The fourth-order valence-corrected chi connectivity index (χ4v) is 3.17. The summed E-state index contributed by atoms with van der Waals surface area (Å²) in [7, 11) is 5.47. The summed E-state index contributed by atoms with van der Waals surface area (Å²) in [6, 6.07) is 13.9. The van der Waals surface area contributed by atoms with Gasteiger partial charge in [-0.3, -0.25) is 9.59 Å². The number of Topliss-reactive ketones (excluding diaryl/α,β-unsaturated/α-hetero) is 1. The van der Waals surface area contributed by atoms with Gasteiger partial charge in [0.25, 0.3) is 5.56 Å². The van der Waals surface area contributed by atoms with Crippen LogP contribution in [0.1, 0.15) is 28.4 Å². The van der Waals surface area contributed by atoms with Crippen molar-refractivity contribution < 1.29 is 9.90 Å². The number of carbonyl (C=O) groups excluding carboxylic acids is 1. The monoisotopic (exact) mass is 365 g/mol. The molecule has 0 bridgehead atoms. The van der Waals surface area contributed by atoms with Crippen molar-refractivity contribution in [2.75, 3.05) is 19.0 Å².